The van der Waals surface area contributed by atoms with Gasteiger partial charge in [0.1, 0.15) is 11.6 Å². The molecular formula is C24H27N5OS. The van der Waals surface area contributed by atoms with Crippen molar-refractivity contribution in [1.29, 1.82) is 0 Å². The van der Waals surface area contributed by atoms with Gasteiger partial charge in [-0.2, -0.15) is 9.97 Å². The Balaban J connectivity index is 1.48. The summed E-state index contributed by atoms with van der Waals surface area (Å²) in [4.78, 5) is 11.5. The summed E-state index contributed by atoms with van der Waals surface area (Å²) in [5.74, 6) is 2.50. The molecule has 6 nitrogen and oxygen atoms in total. The zero-order chi connectivity index (χ0) is 21.5. The molecule has 0 bridgehead atoms. The largest absolute Gasteiger partial charge is 0.439 e. The number of hydrogen-bond donors (Lipinski definition) is 2. The van der Waals surface area contributed by atoms with E-state index >= 15 is 0 Å². The number of aromatic nitrogens is 2. The number of para-hydroxylation sites is 1. The standard InChI is InChI=1S/C24H27N5OS/c1-18-10-12-19(13-11-18)17-25-24(31)28-23-26-21(29-14-6-3-7-15-29)16-22(27-23)30-20-8-4-2-5-9-20/h2,4-5,8-13,16H,3,6-7,14-15,17H2,1H3,(H2,25,26,27,28,31). The van der Waals surface area contributed by atoms with Crippen molar-refractivity contribution in [2.75, 3.05) is 23.3 Å². The van der Waals surface area contributed by atoms with Crippen LogP contribution in [-0.4, -0.2) is 28.2 Å². The number of benzene rings is 2. The molecule has 2 heterocycles. The third kappa shape index (κ3) is 6.15. The lowest BCUT2D eigenvalue weighted by Crippen LogP contribution is -2.31. The Kier molecular flexibility index (Phi) is 6.94. The van der Waals surface area contributed by atoms with Gasteiger partial charge in [0.2, 0.25) is 11.8 Å². The van der Waals surface area contributed by atoms with Crippen LogP contribution in [0, 0.1) is 6.92 Å². The Bertz CT molecular complexity index is 1000. The van der Waals surface area contributed by atoms with Crippen molar-refractivity contribution in [2.24, 2.45) is 0 Å². The van der Waals surface area contributed by atoms with Crippen molar-refractivity contribution >= 4 is 29.1 Å². The molecule has 7 heteroatoms. The van der Waals surface area contributed by atoms with Crippen LogP contribution in [0.4, 0.5) is 11.8 Å². The van der Waals surface area contributed by atoms with Crippen LogP contribution in [0.25, 0.3) is 0 Å². The highest BCUT2D eigenvalue weighted by Gasteiger charge is 2.16. The molecule has 0 saturated carbocycles. The minimum atomic E-state index is 0.426. The topological polar surface area (TPSA) is 62.3 Å². The van der Waals surface area contributed by atoms with Gasteiger partial charge in [-0.05, 0) is 56.1 Å². The fourth-order valence-electron chi connectivity index (χ4n) is 3.45. The van der Waals surface area contributed by atoms with Gasteiger partial charge in [0.05, 0.1) is 0 Å². The van der Waals surface area contributed by atoms with Gasteiger partial charge in [-0.3, -0.25) is 0 Å². The number of hydrogen-bond acceptors (Lipinski definition) is 5. The van der Waals surface area contributed by atoms with Gasteiger partial charge < -0.3 is 20.3 Å². The molecular weight excluding hydrogens is 406 g/mol. The number of aryl methyl sites for hydroxylation is 1. The van der Waals surface area contributed by atoms with E-state index in [0.717, 1.165) is 43.1 Å². The maximum Gasteiger partial charge on any atom is 0.234 e. The molecule has 1 aliphatic rings. The van der Waals surface area contributed by atoms with E-state index in [4.69, 9.17) is 21.9 Å². The van der Waals surface area contributed by atoms with Crippen LogP contribution in [0.3, 0.4) is 0 Å². The van der Waals surface area contributed by atoms with E-state index in [2.05, 4.69) is 51.7 Å². The summed E-state index contributed by atoms with van der Waals surface area (Å²) in [6, 6.07) is 19.9. The Morgan fingerprint density at radius 3 is 2.48 bits per heavy atom. The highest BCUT2D eigenvalue weighted by Crippen LogP contribution is 2.26. The fourth-order valence-corrected chi connectivity index (χ4v) is 3.61. The van der Waals surface area contributed by atoms with Gasteiger partial charge >= 0.3 is 0 Å². The molecule has 31 heavy (non-hydrogen) atoms. The van der Waals surface area contributed by atoms with E-state index < -0.39 is 0 Å². The first-order valence-electron chi connectivity index (χ1n) is 10.6. The van der Waals surface area contributed by atoms with Gasteiger partial charge in [-0.1, -0.05) is 48.0 Å². The predicted octanol–water partition coefficient (Wildman–Crippen LogP) is 5.05. The Morgan fingerprint density at radius 1 is 1.00 bits per heavy atom. The first-order valence-corrected chi connectivity index (χ1v) is 11.0. The summed E-state index contributed by atoms with van der Waals surface area (Å²) in [5, 5.41) is 6.82. The molecule has 3 aromatic rings. The quantitative estimate of drug-likeness (QED) is 0.527. The lowest BCUT2D eigenvalue weighted by molar-refractivity contribution is 0.461. The van der Waals surface area contributed by atoms with Crippen LogP contribution in [0.5, 0.6) is 11.6 Å². The third-order valence-corrected chi connectivity index (χ3v) is 5.38. The first kappa shape index (κ1) is 21.1. The number of anilines is 2. The molecule has 0 spiro atoms. The van der Waals surface area contributed by atoms with Crippen molar-refractivity contribution in [3.8, 4) is 11.6 Å². The van der Waals surface area contributed by atoms with Crippen LogP contribution >= 0.6 is 12.2 Å². The summed E-state index contributed by atoms with van der Waals surface area (Å²) in [5.41, 5.74) is 2.39. The molecule has 2 N–H and O–H groups in total. The molecule has 1 saturated heterocycles. The third-order valence-electron chi connectivity index (χ3n) is 5.13. The molecule has 160 valence electrons. The monoisotopic (exact) mass is 433 g/mol. The SMILES string of the molecule is Cc1ccc(CNC(=S)Nc2nc(Oc3ccccc3)cc(N3CCCCC3)n2)cc1. The zero-order valence-electron chi connectivity index (χ0n) is 17.7. The predicted molar refractivity (Wildman–Crippen MR) is 129 cm³/mol. The summed E-state index contributed by atoms with van der Waals surface area (Å²) in [6.07, 6.45) is 3.59. The number of thiocarbonyl (C=S) groups is 1. The number of ether oxygens (including phenoxy) is 1. The van der Waals surface area contributed by atoms with Crippen LogP contribution in [0.1, 0.15) is 30.4 Å². The molecule has 0 unspecified atom stereocenters. The summed E-state index contributed by atoms with van der Waals surface area (Å²) in [6.45, 7) is 4.67. The molecule has 0 amide bonds. The number of nitrogens with one attached hydrogen (secondary N) is 2. The Labute approximate surface area is 188 Å². The average molecular weight is 434 g/mol. The summed E-state index contributed by atoms with van der Waals surface area (Å²) < 4.78 is 5.99. The van der Waals surface area contributed by atoms with Gasteiger partial charge in [-0.25, -0.2) is 0 Å². The van der Waals surface area contributed by atoms with Crippen LogP contribution in [0.15, 0.2) is 60.7 Å². The van der Waals surface area contributed by atoms with Crippen LogP contribution < -0.4 is 20.3 Å². The van der Waals surface area contributed by atoms with E-state index in [-0.39, 0.29) is 0 Å². The van der Waals surface area contributed by atoms with E-state index in [1.54, 1.807) is 0 Å². The van der Waals surface area contributed by atoms with Crippen molar-refractivity contribution in [1.82, 2.24) is 15.3 Å². The smallest absolute Gasteiger partial charge is 0.234 e. The molecule has 0 aliphatic carbocycles. The van der Waals surface area contributed by atoms with Crippen molar-refractivity contribution in [3.63, 3.8) is 0 Å². The van der Waals surface area contributed by atoms with E-state index in [1.807, 2.05) is 36.4 Å². The molecule has 0 atom stereocenters. The van der Waals surface area contributed by atoms with Gasteiger partial charge in [0, 0.05) is 25.7 Å². The van der Waals surface area contributed by atoms with Crippen molar-refractivity contribution in [3.05, 3.63) is 71.8 Å². The van der Waals surface area contributed by atoms with Gasteiger partial charge in [0.15, 0.2) is 5.11 Å². The highest BCUT2D eigenvalue weighted by atomic mass is 32.1. The summed E-state index contributed by atoms with van der Waals surface area (Å²) in [7, 11) is 0. The second-order valence-corrected chi connectivity index (χ2v) is 8.05. The Hall–Kier alpha value is -3.19. The minimum Gasteiger partial charge on any atom is -0.439 e. The van der Waals surface area contributed by atoms with Gasteiger partial charge in [-0.15, -0.1) is 0 Å². The van der Waals surface area contributed by atoms with E-state index in [9.17, 15) is 0 Å². The number of nitrogens with zero attached hydrogens (tertiary/aromatic N) is 3. The minimum absolute atomic E-state index is 0.426. The van der Waals surface area contributed by atoms with Crippen LogP contribution in [-0.2, 0) is 6.54 Å². The molecule has 1 aliphatic heterocycles. The normalized spacial score (nSPS) is 13.5. The first-order chi connectivity index (χ1) is 15.2. The summed E-state index contributed by atoms with van der Waals surface area (Å²) >= 11 is 5.48. The molecule has 1 aromatic heterocycles. The van der Waals surface area contributed by atoms with Crippen molar-refractivity contribution in [2.45, 2.75) is 32.7 Å². The number of rotatable bonds is 6. The number of piperidine rings is 1. The Morgan fingerprint density at radius 2 is 1.74 bits per heavy atom. The van der Waals surface area contributed by atoms with Crippen LogP contribution in [0.2, 0.25) is 0 Å². The van der Waals surface area contributed by atoms with E-state index in [0.29, 0.717) is 23.5 Å². The highest BCUT2D eigenvalue weighted by molar-refractivity contribution is 7.80. The average Bonchev–Trinajstić information content (AvgIpc) is 2.80. The molecule has 0 radical (unpaired) electrons. The molecule has 4 rings (SSSR count). The van der Waals surface area contributed by atoms with Gasteiger partial charge in [0.25, 0.3) is 0 Å². The van der Waals surface area contributed by atoms with E-state index in [1.165, 1.54) is 12.0 Å². The second kappa shape index (κ2) is 10.2. The maximum atomic E-state index is 5.99. The second-order valence-electron chi connectivity index (χ2n) is 7.64. The zero-order valence-corrected chi connectivity index (χ0v) is 18.5. The van der Waals surface area contributed by atoms with Crippen molar-refractivity contribution < 1.29 is 4.74 Å². The lowest BCUT2D eigenvalue weighted by atomic mass is 10.1. The maximum absolute atomic E-state index is 5.99. The molecule has 2 aromatic carbocycles. The lowest BCUT2D eigenvalue weighted by Gasteiger charge is -2.28. The fraction of sp³-hybridized carbons (Fsp3) is 0.292. The molecule has 1 fully saturated rings.